The summed E-state index contributed by atoms with van der Waals surface area (Å²) in [5, 5.41) is 12.1. The molecule has 1 amide bonds. The Balaban J connectivity index is 2.74. The zero-order valence-electron chi connectivity index (χ0n) is 12.3. The molecule has 0 aliphatic heterocycles. The van der Waals surface area contributed by atoms with Crippen LogP contribution in [-0.4, -0.2) is 30.8 Å². The quantitative estimate of drug-likeness (QED) is 0.794. The maximum absolute atomic E-state index is 11.9. The Morgan fingerprint density at radius 2 is 2.29 bits per heavy atom. The average molecular weight is 310 g/mol. The highest BCUT2D eigenvalue weighted by Crippen LogP contribution is 2.20. The molecule has 4 nitrogen and oxygen atoms in total. The van der Waals surface area contributed by atoms with E-state index in [0.717, 1.165) is 0 Å². The predicted octanol–water partition coefficient (Wildman–Crippen LogP) is 2.83. The van der Waals surface area contributed by atoms with Crippen molar-refractivity contribution in [2.24, 2.45) is 0 Å². The molecule has 0 saturated heterocycles. The third kappa shape index (κ3) is 6.63. The molecule has 0 aliphatic rings. The lowest BCUT2D eigenvalue weighted by Crippen LogP contribution is -2.15. The molecule has 0 heterocycles. The Bertz CT molecular complexity index is 534. The normalized spacial score (nSPS) is 11.4. The summed E-state index contributed by atoms with van der Waals surface area (Å²) in [7, 11) is 1.62. The van der Waals surface area contributed by atoms with Gasteiger partial charge in [-0.2, -0.15) is 0 Å². The number of amides is 1. The number of aliphatic hydroxyl groups is 1. The summed E-state index contributed by atoms with van der Waals surface area (Å²) in [5.74, 6) is 5.63. The molecule has 0 radical (unpaired) electrons. The first-order valence-electron chi connectivity index (χ1n) is 6.78. The van der Waals surface area contributed by atoms with E-state index in [1.807, 2.05) is 6.92 Å². The summed E-state index contributed by atoms with van der Waals surface area (Å²) in [6.07, 6.45) is 1.46. The molecule has 0 aromatic heterocycles. The van der Waals surface area contributed by atoms with Crippen molar-refractivity contribution in [2.45, 2.75) is 32.3 Å². The van der Waals surface area contributed by atoms with Gasteiger partial charge < -0.3 is 15.2 Å². The number of nitrogens with one attached hydrogen (secondary N) is 1. The number of hydrogen-bond donors (Lipinski definition) is 2. The largest absolute Gasteiger partial charge is 0.395 e. The van der Waals surface area contributed by atoms with Crippen LogP contribution in [0.2, 0.25) is 5.02 Å². The van der Waals surface area contributed by atoms with E-state index >= 15 is 0 Å². The minimum Gasteiger partial charge on any atom is -0.395 e. The second-order valence-electron chi connectivity index (χ2n) is 4.60. The molecular weight excluding hydrogens is 290 g/mol. The van der Waals surface area contributed by atoms with Gasteiger partial charge in [-0.15, -0.1) is 0 Å². The number of carbonyl (C=O) groups is 1. The van der Waals surface area contributed by atoms with E-state index < -0.39 is 0 Å². The average Bonchev–Trinajstić information content (AvgIpc) is 2.47. The summed E-state index contributed by atoms with van der Waals surface area (Å²) in [6.45, 7) is 1.92. The number of benzene rings is 1. The van der Waals surface area contributed by atoms with Gasteiger partial charge in [-0.3, -0.25) is 4.79 Å². The molecule has 5 heteroatoms. The maximum atomic E-state index is 11.9. The van der Waals surface area contributed by atoms with Crippen molar-refractivity contribution in [2.75, 3.05) is 19.0 Å². The summed E-state index contributed by atoms with van der Waals surface area (Å²) in [4.78, 5) is 11.9. The summed E-state index contributed by atoms with van der Waals surface area (Å²) in [6, 6.07) is 5.12. The second kappa shape index (κ2) is 9.41. The summed E-state index contributed by atoms with van der Waals surface area (Å²) in [5.41, 5.74) is 1.27. The van der Waals surface area contributed by atoms with Gasteiger partial charge in [0.2, 0.25) is 5.91 Å². The third-order valence-corrected chi connectivity index (χ3v) is 3.13. The highest BCUT2D eigenvalue weighted by molar-refractivity contribution is 6.30. The first kappa shape index (κ1) is 17.5. The van der Waals surface area contributed by atoms with Crippen LogP contribution in [-0.2, 0) is 9.53 Å². The van der Waals surface area contributed by atoms with Crippen molar-refractivity contribution < 1.29 is 14.6 Å². The van der Waals surface area contributed by atoms with Gasteiger partial charge in [0.05, 0.1) is 18.4 Å². The lowest BCUT2D eigenvalue weighted by Gasteiger charge is -2.10. The molecule has 1 atom stereocenters. The highest BCUT2D eigenvalue weighted by Gasteiger charge is 2.08. The number of aliphatic hydroxyl groups excluding tert-OH is 1. The molecule has 1 rings (SSSR count). The number of carbonyl (C=O) groups excluding carboxylic acids is 1. The lowest BCUT2D eigenvalue weighted by atomic mass is 10.1. The van der Waals surface area contributed by atoms with Crippen LogP contribution in [0.5, 0.6) is 0 Å². The molecule has 0 spiro atoms. The number of anilines is 1. The van der Waals surface area contributed by atoms with Crippen molar-refractivity contribution >= 4 is 23.2 Å². The van der Waals surface area contributed by atoms with Gasteiger partial charge in [0, 0.05) is 30.5 Å². The zero-order valence-corrected chi connectivity index (χ0v) is 13.0. The third-order valence-electron chi connectivity index (χ3n) is 2.90. The van der Waals surface area contributed by atoms with E-state index in [1.165, 1.54) is 0 Å². The number of rotatable bonds is 6. The molecule has 0 fully saturated rings. The first-order valence-corrected chi connectivity index (χ1v) is 7.16. The van der Waals surface area contributed by atoms with Gasteiger partial charge in [-0.1, -0.05) is 23.4 Å². The fourth-order valence-electron chi connectivity index (χ4n) is 1.61. The Morgan fingerprint density at radius 1 is 1.52 bits per heavy atom. The number of halogens is 1. The van der Waals surface area contributed by atoms with E-state index in [9.17, 15) is 4.79 Å². The van der Waals surface area contributed by atoms with Gasteiger partial charge in [-0.25, -0.2) is 0 Å². The van der Waals surface area contributed by atoms with Crippen LogP contribution < -0.4 is 5.32 Å². The molecule has 1 aromatic carbocycles. The second-order valence-corrected chi connectivity index (χ2v) is 5.03. The zero-order chi connectivity index (χ0) is 15.7. The van der Waals surface area contributed by atoms with Gasteiger partial charge in [0.15, 0.2) is 0 Å². The number of methoxy groups -OCH3 is 1. The van der Waals surface area contributed by atoms with Crippen LogP contribution in [0.3, 0.4) is 0 Å². The SMILES string of the molecule is COC(C)CCC(=O)Nc1ccc(Cl)cc1C#CCCO. The lowest BCUT2D eigenvalue weighted by molar-refractivity contribution is -0.116. The van der Waals surface area contributed by atoms with E-state index in [1.54, 1.807) is 25.3 Å². The monoisotopic (exact) mass is 309 g/mol. The van der Waals surface area contributed by atoms with E-state index in [-0.39, 0.29) is 18.6 Å². The number of ether oxygens (including phenoxy) is 1. The van der Waals surface area contributed by atoms with Crippen LogP contribution >= 0.6 is 11.6 Å². The smallest absolute Gasteiger partial charge is 0.224 e. The van der Waals surface area contributed by atoms with E-state index in [0.29, 0.717) is 35.5 Å². The van der Waals surface area contributed by atoms with Crippen molar-refractivity contribution in [1.82, 2.24) is 0 Å². The van der Waals surface area contributed by atoms with Crippen LogP contribution in [0.25, 0.3) is 0 Å². The van der Waals surface area contributed by atoms with Crippen molar-refractivity contribution in [1.29, 1.82) is 0 Å². The Hall–Kier alpha value is -1.54. The van der Waals surface area contributed by atoms with Crippen molar-refractivity contribution in [3.8, 4) is 11.8 Å². The Morgan fingerprint density at radius 3 is 2.95 bits per heavy atom. The van der Waals surface area contributed by atoms with Gasteiger partial charge in [-0.05, 0) is 31.5 Å². The molecule has 1 aromatic rings. The summed E-state index contributed by atoms with van der Waals surface area (Å²) < 4.78 is 5.11. The number of hydrogen-bond acceptors (Lipinski definition) is 3. The summed E-state index contributed by atoms with van der Waals surface area (Å²) >= 11 is 5.94. The Labute approximate surface area is 130 Å². The molecule has 0 saturated carbocycles. The highest BCUT2D eigenvalue weighted by atomic mass is 35.5. The molecule has 21 heavy (non-hydrogen) atoms. The maximum Gasteiger partial charge on any atom is 0.224 e. The fraction of sp³-hybridized carbons (Fsp3) is 0.438. The first-order chi connectivity index (χ1) is 10.1. The van der Waals surface area contributed by atoms with Crippen LogP contribution in [0, 0.1) is 11.8 Å². The fourth-order valence-corrected chi connectivity index (χ4v) is 1.78. The van der Waals surface area contributed by atoms with Crippen molar-refractivity contribution in [3.63, 3.8) is 0 Å². The molecule has 0 aliphatic carbocycles. The van der Waals surface area contributed by atoms with Crippen LogP contribution in [0.1, 0.15) is 31.7 Å². The minimum absolute atomic E-state index is 0.00413. The molecule has 0 bridgehead atoms. The standard InChI is InChI=1S/C16H20ClNO3/c1-12(21-2)6-9-16(20)18-15-8-7-14(17)11-13(15)5-3-4-10-19/h7-8,11-12,19H,4,6,9-10H2,1-2H3,(H,18,20). The molecule has 114 valence electrons. The van der Waals surface area contributed by atoms with E-state index in [2.05, 4.69) is 17.2 Å². The van der Waals surface area contributed by atoms with Crippen molar-refractivity contribution in [3.05, 3.63) is 28.8 Å². The topological polar surface area (TPSA) is 58.6 Å². The molecular formula is C16H20ClNO3. The predicted molar refractivity (Wildman–Crippen MR) is 84.4 cm³/mol. The molecule has 1 unspecified atom stereocenters. The van der Waals surface area contributed by atoms with Gasteiger partial charge in [0.1, 0.15) is 0 Å². The van der Waals surface area contributed by atoms with E-state index in [4.69, 9.17) is 21.4 Å². The molecule has 2 N–H and O–H groups in total. The van der Waals surface area contributed by atoms with Crippen LogP contribution in [0.15, 0.2) is 18.2 Å². The van der Waals surface area contributed by atoms with Gasteiger partial charge in [0.25, 0.3) is 0 Å². The van der Waals surface area contributed by atoms with Gasteiger partial charge >= 0.3 is 0 Å². The van der Waals surface area contributed by atoms with Crippen LogP contribution in [0.4, 0.5) is 5.69 Å². The Kier molecular flexibility index (Phi) is 7.84. The minimum atomic E-state index is -0.0913.